The zero-order chi connectivity index (χ0) is 14.0. The van der Waals surface area contributed by atoms with Crippen molar-refractivity contribution in [2.75, 3.05) is 6.26 Å². The first-order valence-electron chi connectivity index (χ1n) is 7.14. The predicted molar refractivity (Wildman–Crippen MR) is 82.3 cm³/mol. The van der Waals surface area contributed by atoms with E-state index in [2.05, 4.69) is 27.9 Å². The normalized spacial score (nSPS) is 18.1. The molecule has 0 atom stereocenters. The number of nitrogens with zero attached hydrogens (tertiary/aromatic N) is 2. The number of rotatable bonds is 3. The topological polar surface area (TPSA) is 38.0 Å². The first-order valence-corrected chi connectivity index (χ1v) is 8.37. The van der Waals surface area contributed by atoms with Crippen LogP contribution in [0.15, 0.2) is 41.6 Å². The van der Waals surface area contributed by atoms with Gasteiger partial charge in [0.2, 0.25) is 0 Å². The van der Waals surface area contributed by atoms with Crippen LogP contribution in [0.3, 0.4) is 0 Å². The van der Waals surface area contributed by atoms with Gasteiger partial charge in [0.1, 0.15) is 11.4 Å². The molecular formula is C16H20N2OS. The molecule has 0 unspecified atom stereocenters. The van der Waals surface area contributed by atoms with Crippen LogP contribution in [0.25, 0.3) is 5.69 Å². The minimum Gasteiger partial charge on any atom is -0.382 e. The van der Waals surface area contributed by atoms with Gasteiger partial charge in [0.05, 0.1) is 5.69 Å². The monoisotopic (exact) mass is 288 g/mol. The standard InChI is InChI=1S/C16H20N2OS/c1-20-14-8-4-3-7-13(14)18-12-11-17-15(18)16(19)9-5-2-6-10-16/h3-4,7-8,11-12,19H,2,5-6,9-10H2,1H3. The molecule has 0 bridgehead atoms. The largest absolute Gasteiger partial charge is 0.382 e. The summed E-state index contributed by atoms with van der Waals surface area (Å²) >= 11 is 1.72. The van der Waals surface area contributed by atoms with Crippen molar-refractivity contribution in [3.8, 4) is 5.69 Å². The summed E-state index contributed by atoms with van der Waals surface area (Å²) in [6, 6.07) is 8.27. The number of hydrogen-bond acceptors (Lipinski definition) is 3. The third-order valence-electron chi connectivity index (χ3n) is 4.08. The summed E-state index contributed by atoms with van der Waals surface area (Å²) < 4.78 is 2.05. The van der Waals surface area contributed by atoms with E-state index in [1.165, 1.54) is 11.3 Å². The summed E-state index contributed by atoms with van der Waals surface area (Å²) in [7, 11) is 0. The molecular weight excluding hydrogens is 268 g/mol. The lowest BCUT2D eigenvalue weighted by Gasteiger charge is -2.32. The average Bonchev–Trinajstić information content (AvgIpc) is 2.98. The molecule has 106 valence electrons. The molecule has 1 aromatic carbocycles. The van der Waals surface area contributed by atoms with Crippen molar-refractivity contribution in [3.05, 3.63) is 42.5 Å². The van der Waals surface area contributed by atoms with Gasteiger partial charge >= 0.3 is 0 Å². The molecule has 1 aromatic heterocycles. The highest BCUT2D eigenvalue weighted by molar-refractivity contribution is 7.98. The van der Waals surface area contributed by atoms with E-state index < -0.39 is 5.60 Å². The Morgan fingerprint density at radius 2 is 1.95 bits per heavy atom. The Kier molecular flexibility index (Phi) is 3.85. The van der Waals surface area contributed by atoms with Crippen molar-refractivity contribution in [3.63, 3.8) is 0 Å². The fourth-order valence-corrected chi connectivity index (χ4v) is 3.62. The molecule has 1 fully saturated rings. The van der Waals surface area contributed by atoms with Crippen molar-refractivity contribution < 1.29 is 5.11 Å². The second kappa shape index (κ2) is 5.62. The van der Waals surface area contributed by atoms with Crippen molar-refractivity contribution >= 4 is 11.8 Å². The lowest BCUT2D eigenvalue weighted by Crippen LogP contribution is -2.31. The van der Waals surface area contributed by atoms with E-state index in [9.17, 15) is 5.11 Å². The van der Waals surface area contributed by atoms with E-state index in [1.54, 1.807) is 18.0 Å². The lowest BCUT2D eigenvalue weighted by molar-refractivity contribution is -0.0102. The molecule has 0 aliphatic heterocycles. The number of para-hydroxylation sites is 1. The third kappa shape index (κ3) is 2.38. The lowest BCUT2D eigenvalue weighted by atomic mass is 9.84. The van der Waals surface area contributed by atoms with E-state index >= 15 is 0 Å². The Morgan fingerprint density at radius 3 is 2.70 bits per heavy atom. The third-order valence-corrected chi connectivity index (χ3v) is 4.87. The van der Waals surface area contributed by atoms with Crippen molar-refractivity contribution in [1.29, 1.82) is 0 Å². The highest BCUT2D eigenvalue weighted by Gasteiger charge is 2.35. The van der Waals surface area contributed by atoms with Crippen LogP contribution in [-0.2, 0) is 5.60 Å². The van der Waals surface area contributed by atoms with Gasteiger partial charge in [-0.25, -0.2) is 4.98 Å². The Hall–Kier alpha value is -1.26. The van der Waals surface area contributed by atoms with Gasteiger partial charge in [-0.3, -0.25) is 0 Å². The average molecular weight is 288 g/mol. The van der Waals surface area contributed by atoms with Crippen LogP contribution in [-0.4, -0.2) is 20.9 Å². The molecule has 3 rings (SSSR count). The number of aliphatic hydroxyl groups is 1. The van der Waals surface area contributed by atoms with Gasteiger partial charge in [0.25, 0.3) is 0 Å². The molecule has 3 nitrogen and oxygen atoms in total. The molecule has 0 radical (unpaired) electrons. The quantitative estimate of drug-likeness (QED) is 0.874. The number of thioether (sulfide) groups is 1. The Morgan fingerprint density at radius 1 is 1.20 bits per heavy atom. The van der Waals surface area contributed by atoms with Crippen molar-refractivity contribution in [2.24, 2.45) is 0 Å². The summed E-state index contributed by atoms with van der Waals surface area (Å²) in [5.41, 5.74) is 0.333. The van der Waals surface area contributed by atoms with Crippen LogP contribution in [0, 0.1) is 0 Å². The van der Waals surface area contributed by atoms with Gasteiger partial charge in [-0.1, -0.05) is 31.4 Å². The van der Waals surface area contributed by atoms with Crippen LogP contribution >= 0.6 is 11.8 Å². The van der Waals surface area contributed by atoms with E-state index in [-0.39, 0.29) is 0 Å². The molecule has 1 aliphatic carbocycles. The minimum atomic E-state index is -0.771. The molecule has 1 N–H and O–H groups in total. The summed E-state index contributed by atoms with van der Waals surface area (Å²) in [6.07, 6.45) is 10.8. The number of benzene rings is 1. The Bertz CT molecular complexity index is 588. The fourth-order valence-electron chi connectivity index (χ4n) is 3.03. The SMILES string of the molecule is CSc1ccccc1-n1ccnc1C1(O)CCCCC1. The van der Waals surface area contributed by atoms with Crippen molar-refractivity contribution in [2.45, 2.75) is 42.6 Å². The molecule has 1 heterocycles. The zero-order valence-corrected chi connectivity index (χ0v) is 12.6. The maximum atomic E-state index is 10.9. The second-order valence-electron chi connectivity index (χ2n) is 5.38. The Labute approximate surface area is 124 Å². The maximum absolute atomic E-state index is 10.9. The molecule has 0 saturated heterocycles. The predicted octanol–water partition coefficient (Wildman–Crippen LogP) is 3.75. The smallest absolute Gasteiger partial charge is 0.145 e. The minimum absolute atomic E-state index is 0.771. The molecule has 2 aromatic rings. The molecule has 4 heteroatoms. The first kappa shape index (κ1) is 13.7. The Balaban J connectivity index is 2.06. The van der Waals surface area contributed by atoms with Gasteiger partial charge in [-0.05, 0) is 31.2 Å². The maximum Gasteiger partial charge on any atom is 0.145 e. The van der Waals surface area contributed by atoms with Gasteiger partial charge in [-0.15, -0.1) is 11.8 Å². The van der Waals surface area contributed by atoms with Gasteiger partial charge in [-0.2, -0.15) is 0 Å². The van der Waals surface area contributed by atoms with Crippen LogP contribution in [0.4, 0.5) is 0 Å². The van der Waals surface area contributed by atoms with Crippen LogP contribution in [0.1, 0.15) is 37.9 Å². The van der Waals surface area contributed by atoms with Crippen molar-refractivity contribution in [1.82, 2.24) is 9.55 Å². The van der Waals surface area contributed by atoms with Gasteiger partial charge in [0, 0.05) is 17.3 Å². The molecule has 1 saturated carbocycles. The van der Waals surface area contributed by atoms with Gasteiger partial charge in [0.15, 0.2) is 0 Å². The van der Waals surface area contributed by atoms with Crippen LogP contribution < -0.4 is 0 Å². The summed E-state index contributed by atoms with van der Waals surface area (Å²) in [5, 5.41) is 10.9. The first-order chi connectivity index (χ1) is 9.74. The number of hydrogen-bond donors (Lipinski definition) is 1. The van der Waals surface area contributed by atoms with E-state index in [0.717, 1.165) is 37.2 Å². The highest BCUT2D eigenvalue weighted by Crippen LogP contribution is 2.37. The zero-order valence-electron chi connectivity index (χ0n) is 11.7. The second-order valence-corrected chi connectivity index (χ2v) is 6.23. The number of aromatic nitrogens is 2. The van der Waals surface area contributed by atoms with E-state index in [4.69, 9.17) is 0 Å². The summed E-state index contributed by atoms with van der Waals surface area (Å²) in [6.45, 7) is 0. The summed E-state index contributed by atoms with van der Waals surface area (Å²) in [5.74, 6) is 0.790. The highest BCUT2D eigenvalue weighted by atomic mass is 32.2. The molecule has 1 aliphatic rings. The van der Waals surface area contributed by atoms with E-state index in [1.807, 2.05) is 18.3 Å². The molecule has 0 spiro atoms. The summed E-state index contributed by atoms with van der Waals surface area (Å²) in [4.78, 5) is 5.67. The van der Waals surface area contributed by atoms with Gasteiger partial charge < -0.3 is 9.67 Å². The van der Waals surface area contributed by atoms with Crippen LogP contribution in [0.2, 0.25) is 0 Å². The fraction of sp³-hybridized carbons (Fsp3) is 0.438. The molecule has 20 heavy (non-hydrogen) atoms. The number of imidazole rings is 1. The van der Waals surface area contributed by atoms with Crippen LogP contribution in [0.5, 0.6) is 0 Å². The van der Waals surface area contributed by atoms with E-state index in [0.29, 0.717) is 0 Å². The molecule has 0 amide bonds.